The Morgan fingerprint density at radius 3 is 2.86 bits per heavy atom. The third-order valence-electron chi connectivity index (χ3n) is 5.62. The summed E-state index contributed by atoms with van der Waals surface area (Å²) in [6.45, 7) is 3.60. The molecule has 1 aromatic heterocycles. The minimum atomic E-state index is -1.14. The monoisotopic (exact) mass is 396 g/mol. The third-order valence-corrected chi connectivity index (χ3v) is 5.62. The number of carbonyl (C=O) groups is 2. The molecular formula is C19H29FN4O4. The number of alkyl halides is 1. The highest BCUT2D eigenvalue weighted by atomic mass is 19.1. The second-order valence-electron chi connectivity index (χ2n) is 7.90. The van der Waals surface area contributed by atoms with Crippen molar-refractivity contribution in [3.63, 3.8) is 0 Å². The molecule has 9 heteroatoms. The van der Waals surface area contributed by atoms with Crippen molar-refractivity contribution in [3.05, 3.63) is 11.8 Å². The highest BCUT2D eigenvalue weighted by molar-refractivity contribution is 5.93. The number of ether oxygens (including phenoxy) is 2. The first-order chi connectivity index (χ1) is 13.4. The molecule has 0 radical (unpaired) electrons. The summed E-state index contributed by atoms with van der Waals surface area (Å²) >= 11 is 0. The molecule has 3 N–H and O–H groups in total. The number of nitrogens with one attached hydrogen (secondary N) is 3. The fourth-order valence-electron chi connectivity index (χ4n) is 3.61. The molecule has 2 saturated carbocycles. The van der Waals surface area contributed by atoms with E-state index in [0.29, 0.717) is 24.8 Å². The molecule has 2 aliphatic rings. The number of hydrogen-bond acceptors (Lipinski definition) is 5. The number of rotatable bonds is 8. The number of anilines is 1. The minimum absolute atomic E-state index is 0.00250. The summed E-state index contributed by atoms with van der Waals surface area (Å²) in [5.41, 5.74) is 0.914. The smallest absolute Gasteiger partial charge is 0.407 e. The van der Waals surface area contributed by atoms with E-state index >= 15 is 0 Å². The van der Waals surface area contributed by atoms with Crippen LogP contribution in [0, 0.1) is 11.8 Å². The standard InChI is InChI=1S/C19H29FN4O4/c1-10(20)11(2)21-19(26)28-14-5-4-12(6-14)16-8-17(24-23-16)22-18(25)15-7-13(15)9-27-3/h8,10-15H,4-7,9H2,1-3H3,(H,21,26)(H2,22,23,24,25)/t10?,11?,12-,13+,14+,15-/m0/s1. The van der Waals surface area contributed by atoms with Gasteiger partial charge in [-0.3, -0.25) is 9.89 Å². The topological polar surface area (TPSA) is 105 Å². The van der Waals surface area contributed by atoms with Gasteiger partial charge in [0, 0.05) is 37.3 Å². The van der Waals surface area contributed by atoms with Crippen LogP contribution >= 0.6 is 0 Å². The van der Waals surface area contributed by atoms with Gasteiger partial charge in [0.1, 0.15) is 12.3 Å². The largest absolute Gasteiger partial charge is 0.446 e. The summed E-state index contributed by atoms with van der Waals surface area (Å²) in [4.78, 5) is 24.0. The number of aromatic amines is 1. The average Bonchev–Trinajstić information content (AvgIpc) is 3.02. The van der Waals surface area contributed by atoms with E-state index < -0.39 is 18.3 Å². The number of hydrogen-bond donors (Lipinski definition) is 3. The lowest BCUT2D eigenvalue weighted by Gasteiger charge is -2.17. The van der Waals surface area contributed by atoms with Gasteiger partial charge in [-0.25, -0.2) is 9.18 Å². The van der Waals surface area contributed by atoms with Crippen molar-refractivity contribution in [2.75, 3.05) is 19.0 Å². The van der Waals surface area contributed by atoms with Crippen molar-refractivity contribution in [1.29, 1.82) is 0 Å². The van der Waals surface area contributed by atoms with E-state index in [0.717, 1.165) is 25.0 Å². The van der Waals surface area contributed by atoms with Crippen molar-refractivity contribution < 1.29 is 23.5 Å². The Morgan fingerprint density at radius 2 is 2.14 bits per heavy atom. The fraction of sp³-hybridized carbons (Fsp3) is 0.737. The van der Waals surface area contributed by atoms with Crippen LogP contribution < -0.4 is 10.6 Å². The van der Waals surface area contributed by atoms with E-state index in [1.165, 1.54) is 6.92 Å². The van der Waals surface area contributed by atoms with Crippen LogP contribution in [0.5, 0.6) is 0 Å². The lowest BCUT2D eigenvalue weighted by molar-refractivity contribution is -0.117. The molecule has 0 aliphatic heterocycles. The van der Waals surface area contributed by atoms with Gasteiger partial charge in [0.2, 0.25) is 5.91 Å². The summed E-state index contributed by atoms with van der Waals surface area (Å²) < 4.78 is 23.6. The fourth-order valence-corrected chi connectivity index (χ4v) is 3.61. The molecule has 1 aromatic rings. The van der Waals surface area contributed by atoms with Crippen LogP contribution in [0.25, 0.3) is 0 Å². The molecule has 0 bridgehead atoms. The molecule has 2 unspecified atom stereocenters. The molecule has 3 rings (SSSR count). The number of amides is 2. The van der Waals surface area contributed by atoms with E-state index in [4.69, 9.17) is 9.47 Å². The molecule has 0 spiro atoms. The lowest BCUT2D eigenvalue weighted by Crippen LogP contribution is -2.39. The Labute approximate surface area is 163 Å². The van der Waals surface area contributed by atoms with E-state index in [1.807, 2.05) is 6.07 Å². The number of H-pyrrole nitrogens is 1. The second kappa shape index (κ2) is 8.89. The first kappa shape index (κ1) is 20.6. The Hall–Kier alpha value is -2.16. The molecule has 8 nitrogen and oxygen atoms in total. The molecule has 0 saturated heterocycles. The van der Waals surface area contributed by atoms with Crippen LogP contribution in [-0.4, -0.2) is 54.2 Å². The zero-order chi connectivity index (χ0) is 20.3. The summed E-state index contributed by atoms with van der Waals surface area (Å²) in [7, 11) is 1.64. The van der Waals surface area contributed by atoms with Gasteiger partial charge in [0.25, 0.3) is 0 Å². The Balaban J connectivity index is 1.44. The van der Waals surface area contributed by atoms with E-state index in [2.05, 4.69) is 20.8 Å². The number of aromatic nitrogens is 2. The van der Waals surface area contributed by atoms with Crippen molar-refractivity contribution in [1.82, 2.24) is 15.5 Å². The van der Waals surface area contributed by atoms with E-state index in [1.54, 1.807) is 14.0 Å². The molecule has 28 heavy (non-hydrogen) atoms. The number of methoxy groups -OCH3 is 1. The molecule has 6 atom stereocenters. The molecule has 2 amide bonds. The Kier molecular flexibility index (Phi) is 6.53. The zero-order valence-electron chi connectivity index (χ0n) is 16.5. The number of halogens is 1. The molecule has 2 aliphatic carbocycles. The van der Waals surface area contributed by atoms with Crippen LogP contribution in [0.4, 0.5) is 15.0 Å². The van der Waals surface area contributed by atoms with Crippen molar-refractivity contribution >= 4 is 17.8 Å². The van der Waals surface area contributed by atoms with Crippen LogP contribution in [0.3, 0.4) is 0 Å². The van der Waals surface area contributed by atoms with Crippen molar-refractivity contribution in [3.8, 4) is 0 Å². The maximum absolute atomic E-state index is 13.1. The summed E-state index contributed by atoms with van der Waals surface area (Å²) in [6.07, 6.45) is 1.16. The zero-order valence-corrected chi connectivity index (χ0v) is 16.5. The van der Waals surface area contributed by atoms with Gasteiger partial charge in [-0.2, -0.15) is 5.10 Å². The van der Waals surface area contributed by atoms with Crippen LogP contribution in [0.2, 0.25) is 0 Å². The van der Waals surface area contributed by atoms with Gasteiger partial charge < -0.3 is 20.1 Å². The maximum Gasteiger partial charge on any atom is 0.407 e. The first-order valence-corrected chi connectivity index (χ1v) is 9.83. The molecule has 2 fully saturated rings. The number of nitrogens with zero attached hydrogens (tertiary/aromatic N) is 1. The van der Waals surface area contributed by atoms with Gasteiger partial charge >= 0.3 is 6.09 Å². The highest BCUT2D eigenvalue weighted by Crippen LogP contribution is 2.40. The van der Waals surface area contributed by atoms with Gasteiger partial charge in [0.05, 0.1) is 6.04 Å². The minimum Gasteiger partial charge on any atom is -0.446 e. The van der Waals surface area contributed by atoms with E-state index in [-0.39, 0.29) is 23.8 Å². The van der Waals surface area contributed by atoms with Crippen LogP contribution in [0.1, 0.15) is 51.1 Å². The quantitative estimate of drug-likeness (QED) is 0.627. The molecular weight excluding hydrogens is 367 g/mol. The molecule has 0 aromatic carbocycles. The average molecular weight is 396 g/mol. The molecule has 156 valence electrons. The number of alkyl carbamates (subject to hydrolysis) is 1. The normalized spacial score (nSPS) is 28.4. The van der Waals surface area contributed by atoms with Crippen LogP contribution in [-0.2, 0) is 14.3 Å². The Bertz CT molecular complexity index is 695. The predicted molar refractivity (Wildman–Crippen MR) is 101 cm³/mol. The van der Waals surface area contributed by atoms with E-state index in [9.17, 15) is 14.0 Å². The van der Waals surface area contributed by atoms with Gasteiger partial charge in [-0.15, -0.1) is 0 Å². The highest BCUT2D eigenvalue weighted by Gasteiger charge is 2.43. The first-order valence-electron chi connectivity index (χ1n) is 9.83. The summed E-state index contributed by atoms with van der Waals surface area (Å²) in [6, 6.07) is 1.25. The maximum atomic E-state index is 13.1. The molecule has 1 heterocycles. The third kappa shape index (κ3) is 5.21. The number of carbonyl (C=O) groups excluding carboxylic acids is 2. The SMILES string of the molecule is COC[C@H]1C[C@@H]1C(=O)Nc1cc([C@H]2CC[C@@H](OC(=O)NC(C)C(C)F)C2)[nH]n1. The summed E-state index contributed by atoms with van der Waals surface area (Å²) in [5, 5.41) is 12.5. The predicted octanol–water partition coefficient (Wildman–Crippen LogP) is 2.74. The lowest BCUT2D eigenvalue weighted by atomic mass is 10.0. The van der Waals surface area contributed by atoms with Crippen LogP contribution in [0.15, 0.2) is 6.07 Å². The Morgan fingerprint density at radius 1 is 1.36 bits per heavy atom. The van der Waals surface area contributed by atoms with Gasteiger partial charge in [0.15, 0.2) is 5.82 Å². The van der Waals surface area contributed by atoms with Gasteiger partial charge in [-0.1, -0.05) is 0 Å². The van der Waals surface area contributed by atoms with Gasteiger partial charge in [-0.05, 0) is 45.4 Å². The van der Waals surface area contributed by atoms with Crippen molar-refractivity contribution in [2.45, 2.75) is 63.8 Å². The van der Waals surface area contributed by atoms with Crippen molar-refractivity contribution in [2.24, 2.45) is 11.8 Å². The summed E-state index contributed by atoms with van der Waals surface area (Å²) in [5.74, 6) is 0.954. The second-order valence-corrected chi connectivity index (χ2v) is 7.90.